The summed E-state index contributed by atoms with van der Waals surface area (Å²) in [4.78, 5) is 4.85. The number of hydrogen-bond acceptors (Lipinski definition) is 3. The van der Waals surface area contributed by atoms with Crippen LogP contribution in [0.3, 0.4) is 0 Å². The summed E-state index contributed by atoms with van der Waals surface area (Å²) in [7, 11) is 4.35. The summed E-state index contributed by atoms with van der Waals surface area (Å²) in [6.45, 7) is 5.27. The molecule has 1 saturated heterocycles. The minimum atomic E-state index is 0.634. The lowest BCUT2D eigenvalue weighted by atomic mass is 10.1. The van der Waals surface area contributed by atoms with Gasteiger partial charge in [-0.2, -0.15) is 0 Å². The number of halogens is 1. The molecule has 2 rings (SSSR count). The fourth-order valence-electron chi connectivity index (χ4n) is 3.04. The topological polar surface area (TPSA) is 32.5 Å². The number of anilines is 1. The van der Waals surface area contributed by atoms with E-state index in [1.165, 1.54) is 11.3 Å². The Labute approximate surface area is 124 Å². The first-order chi connectivity index (χ1) is 9.02. The Kier molecular flexibility index (Phi) is 4.87. The van der Waals surface area contributed by atoms with Crippen molar-refractivity contribution in [3.05, 3.63) is 28.2 Å². The fourth-order valence-corrected chi connectivity index (χ4v) is 3.45. The molecular weight excluding hydrogens is 302 g/mol. The van der Waals surface area contributed by atoms with Crippen molar-refractivity contribution in [2.45, 2.75) is 19.4 Å². The van der Waals surface area contributed by atoms with Gasteiger partial charge >= 0.3 is 0 Å². The van der Waals surface area contributed by atoms with Crippen molar-refractivity contribution in [1.29, 1.82) is 0 Å². The van der Waals surface area contributed by atoms with Gasteiger partial charge in [0.2, 0.25) is 0 Å². The molecule has 0 aliphatic carbocycles. The first-order valence-electron chi connectivity index (χ1n) is 6.92. The minimum Gasteiger partial charge on any atom is -0.369 e. The first-order valence-corrected chi connectivity index (χ1v) is 7.72. The van der Waals surface area contributed by atoms with Gasteiger partial charge in [-0.3, -0.25) is 0 Å². The van der Waals surface area contributed by atoms with Crippen LogP contribution in [-0.2, 0) is 6.42 Å². The number of benzene rings is 1. The number of hydrogen-bond donors (Lipinski definition) is 1. The second-order valence-corrected chi connectivity index (χ2v) is 6.64. The van der Waals surface area contributed by atoms with E-state index in [0.29, 0.717) is 18.5 Å². The number of rotatable bonds is 4. The third-order valence-corrected chi connectivity index (χ3v) is 4.53. The molecule has 0 spiro atoms. The van der Waals surface area contributed by atoms with Crippen LogP contribution < -0.4 is 10.6 Å². The van der Waals surface area contributed by atoms with E-state index in [1.807, 2.05) is 0 Å². The molecule has 0 bridgehead atoms. The van der Waals surface area contributed by atoms with Crippen LogP contribution in [0.1, 0.15) is 12.5 Å². The van der Waals surface area contributed by atoms with E-state index in [9.17, 15) is 0 Å². The van der Waals surface area contributed by atoms with E-state index in [0.717, 1.165) is 24.0 Å². The molecule has 1 aliphatic rings. The average molecular weight is 326 g/mol. The maximum Gasteiger partial charge on any atom is 0.0400 e. The monoisotopic (exact) mass is 325 g/mol. The Morgan fingerprint density at radius 2 is 2.11 bits per heavy atom. The maximum absolute atomic E-state index is 5.74. The maximum atomic E-state index is 5.74. The average Bonchev–Trinajstić information content (AvgIpc) is 2.72. The molecule has 2 atom stereocenters. The summed E-state index contributed by atoms with van der Waals surface area (Å²) in [5.41, 5.74) is 8.44. The molecule has 1 fully saturated rings. The van der Waals surface area contributed by atoms with Gasteiger partial charge in [0.15, 0.2) is 0 Å². The highest BCUT2D eigenvalue weighted by Crippen LogP contribution is 2.30. The summed E-state index contributed by atoms with van der Waals surface area (Å²) in [5, 5.41) is 0. The van der Waals surface area contributed by atoms with Crippen molar-refractivity contribution >= 4 is 21.6 Å². The van der Waals surface area contributed by atoms with Crippen molar-refractivity contribution in [3.63, 3.8) is 0 Å². The smallest absolute Gasteiger partial charge is 0.0400 e. The zero-order valence-corrected chi connectivity index (χ0v) is 13.7. The largest absolute Gasteiger partial charge is 0.369 e. The molecule has 2 unspecified atom stereocenters. The lowest BCUT2D eigenvalue weighted by molar-refractivity contribution is 0.266. The Morgan fingerprint density at radius 3 is 2.68 bits per heavy atom. The van der Waals surface area contributed by atoms with Crippen LogP contribution >= 0.6 is 15.9 Å². The van der Waals surface area contributed by atoms with Crippen LogP contribution in [0, 0.1) is 5.92 Å². The van der Waals surface area contributed by atoms with Gasteiger partial charge < -0.3 is 15.5 Å². The highest BCUT2D eigenvalue weighted by atomic mass is 79.9. The van der Waals surface area contributed by atoms with Crippen molar-refractivity contribution in [3.8, 4) is 0 Å². The van der Waals surface area contributed by atoms with Gasteiger partial charge in [0.05, 0.1) is 0 Å². The van der Waals surface area contributed by atoms with Crippen molar-refractivity contribution < 1.29 is 0 Å². The van der Waals surface area contributed by atoms with Gasteiger partial charge in [-0.05, 0) is 56.7 Å². The molecule has 0 radical (unpaired) electrons. The molecule has 1 aromatic rings. The van der Waals surface area contributed by atoms with Gasteiger partial charge in [-0.15, -0.1) is 0 Å². The zero-order chi connectivity index (χ0) is 14.0. The Morgan fingerprint density at radius 1 is 1.37 bits per heavy atom. The van der Waals surface area contributed by atoms with E-state index in [2.05, 4.69) is 64.9 Å². The normalized spacial score (nSPS) is 23.4. The molecule has 1 aromatic carbocycles. The first kappa shape index (κ1) is 14.8. The minimum absolute atomic E-state index is 0.634. The van der Waals surface area contributed by atoms with Gasteiger partial charge in [-0.25, -0.2) is 0 Å². The van der Waals surface area contributed by atoms with E-state index in [1.54, 1.807) is 0 Å². The molecule has 4 heteroatoms. The van der Waals surface area contributed by atoms with E-state index < -0.39 is 0 Å². The predicted molar refractivity (Wildman–Crippen MR) is 85.8 cm³/mol. The standard InChI is InChI=1S/C15H24BrN3/c1-11-9-19(10-15(11)18(2)3)14-5-4-13(16)8-12(14)6-7-17/h4-5,8,11,15H,6-7,9-10,17H2,1-3H3. The third-order valence-electron chi connectivity index (χ3n) is 4.03. The number of nitrogens with two attached hydrogens (primary N) is 1. The Hall–Kier alpha value is -0.580. The zero-order valence-electron chi connectivity index (χ0n) is 12.1. The Bertz CT molecular complexity index is 433. The highest BCUT2D eigenvalue weighted by Gasteiger charge is 2.31. The SMILES string of the molecule is CC1CN(c2ccc(Br)cc2CCN)CC1N(C)C. The van der Waals surface area contributed by atoms with Crippen LogP contribution in [-0.4, -0.2) is 44.7 Å². The molecule has 106 valence electrons. The lowest BCUT2D eigenvalue weighted by Crippen LogP contribution is -2.34. The molecule has 1 heterocycles. The van der Waals surface area contributed by atoms with Gasteiger partial charge in [0, 0.05) is 29.3 Å². The predicted octanol–water partition coefficient (Wildman–Crippen LogP) is 2.34. The van der Waals surface area contributed by atoms with Gasteiger partial charge in [0.1, 0.15) is 0 Å². The third kappa shape index (κ3) is 3.30. The van der Waals surface area contributed by atoms with E-state index in [4.69, 9.17) is 5.73 Å². The second kappa shape index (κ2) is 6.25. The summed E-state index contributed by atoms with van der Waals surface area (Å²) >= 11 is 3.55. The van der Waals surface area contributed by atoms with Crippen molar-refractivity contribution in [2.75, 3.05) is 38.6 Å². The van der Waals surface area contributed by atoms with Crippen LogP contribution in [0.4, 0.5) is 5.69 Å². The lowest BCUT2D eigenvalue weighted by Gasteiger charge is -2.24. The summed E-state index contributed by atoms with van der Waals surface area (Å²) in [6.07, 6.45) is 0.937. The molecule has 1 aliphatic heterocycles. The molecular formula is C15H24BrN3. The molecule has 0 saturated carbocycles. The number of likely N-dealkylation sites (N-methyl/N-ethyl adjacent to an activating group) is 1. The molecule has 0 amide bonds. The Balaban J connectivity index is 2.23. The van der Waals surface area contributed by atoms with Crippen LogP contribution in [0.2, 0.25) is 0 Å². The second-order valence-electron chi connectivity index (χ2n) is 5.72. The molecule has 2 N–H and O–H groups in total. The van der Waals surface area contributed by atoms with Crippen molar-refractivity contribution in [2.24, 2.45) is 11.7 Å². The summed E-state index contributed by atoms with van der Waals surface area (Å²) in [5.74, 6) is 0.698. The van der Waals surface area contributed by atoms with Crippen LogP contribution in [0.15, 0.2) is 22.7 Å². The van der Waals surface area contributed by atoms with Crippen molar-refractivity contribution in [1.82, 2.24) is 4.90 Å². The molecule has 3 nitrogen and oxygen atoms in total. The highest BCUT2D eigenvalue weighted by molar-refractivity contribution is 9.10. The number of nitrogens with zero attached hydrogens (tertiary/aromatic N) is 2. The van der Waals surface area contributed by atoms with E-state index >= 15 is 0 Å². The van der Waals surface area contributed by atoms with Crippen LogP contribution in [0.25, 0.3) is 0 Å². The summed E-state index contributed by atoms with van der Waals surface area (Å²) < 4.78 is 1.14. The van der Waals surface area contributed by atoms with Crippen LogP contribution in [0.5, 0.6) is 0 Å². The van der Waals surface area contributed by atoms with E-state index in [-0.39, 0.29) is 0 Å². The van der Waals surface area contributed by atoms with Gasteiger partial charge in [-0.1, -0.05) is 22.9 Å². The quantitative estimate of drug-likeness (QED) is 0.922. The molecule has 0 aromatic heterocycles. The van der Waals surface area contributed by atoms with Gasteiger partial charge in [0.25, 0.3) is 0 Å². The summed E-state index contributed by atoms with van der Waals surface area (Å²) in [6, 6.07) is 7.19. The molecule has 19 heavy (non-hydrogen) atoms. The fraction of sp³-hybridized carbons (Fsp3) is 0.600.